The Morgan fingerprint density at radius 3 is 2.23 bits per heavy atom. The highest BCUT2D eigenvalue weighted by Gasteiger charge is 2.26. The first-order valence-corrected chi connectivity index (χ1v) is 5.57. The Hall–Kier alpha value is -0.300. The Kier molecular flexibility index (Phi) is 4.69. The lowest BCUT2D eigenvalue weighted by Gasteiger charge is -2.07. The minimum absolute atomic E-state index is 0.0410. The van der Waals surface area contributed by atoms with Gasteiger partial charge in [0.15, 0.2) is 9.84 Å². The molecule has 0 unspecified atom stereocenters. The third-order valence-electron chi connectivity index (χ3n) is 1.36. The van der Waals surface area contributed by atoms with Crippen LogP contribution in [0, 0.1) is 0 Å². The lowest BCUT2D eigenvalue weighted by Crippen LogP contribution is -2.32. The number of rotatable bonds is 5. The van der Waals surface area contributed by atoms with Gasteiger partial charge in [0.1, 0.15) is 0 Å². The van der Waals surface area contributed by atoms with Crippen molar-refractivity contribution in [2.24, 2.45) is 0 Å². The second-order valence-corrected chi connectivity index (χ2v) is 5.00. The van der Waals surface area contributed by atoms with Crippen molar-refractivity contribution in [1.29, 1.82) is 0 Å². The topological polar surface area (TPSA) is 46.2 Å². The standard InChI is InChI=1S/C6H12F3NO2S/c1-2-13(11,12)4-3-10-5-6(7,8)9/h10H,2-5H2,1H3. The van der Waals surface area contributed by atoms with Gasteiger partial charge in [-0.3, -0.25) is 0 Å². The van der Waals surface area contributed by atoms with Crippen LogP contribution in [0.4, 0.5) is 13.2 Å². The fourth-order valence-corrected chi connectivity index (χ4v) is 1.35. The van der Waals surface area contributed by atoms with Crippen LogP contribution in [0.5, 0.6) is 0 Å². The number of halogens is 3. The second-order valence-electron chi connectivity index (χ2n) is 2.53. The van der Waals surface area contributed by atoms with Gasteiger partial charge in [-0.25, -0.2) is 8.42 Å². The van der Waals surface area contributed by atoms with Crippen LogP contribution in [0.1, 0.15) is 6.92 Å². The number of hydrogen-bond acceptors (Lipinski definition) is 3. The van der Waals surface area contributed by atoms with Crippen molar-refractivity contribution < 1.29 is 21.6 Å². The van der Waals surface area contributed by atoms with E-state index in [4.69, 9.17) is 0 Å². The quantitative estimate of drug-likeness (QED) is 0.688. The van der Waals surface area contributed by atoms with Crippen molar-refractivity contribution in [3.63, 3.8) is 0 Å². The van der Waals surface area contributed by atoms with Gasteiger partial charge in [0.05, 0.1) is 12.3 Å². The van der Waals surface area contributed by atoms with Gasteiger partial charge < -0.3 is 5.32 Å². The van der Waals surface area contributed by atoms with E-state index in [9.17, 15) is 21.6 Å². The molecule has 0 atom stereocenters. The molecule has 0 radical (unpaired) electrons. The second kappa shape index (κ2) is 4.80. The predicted octanol–water partition coefficient (Wildman–Crippen LogP) is 0.573. The van der Waals surface area contributed by atoms with Crippen LogP contribution in [0.25, 0.3) is 0 Å². The molecule has 0 aliphatic rings. The van der Waals surface area contributed by atoms with E-state index >= 15 is 0 Å². The van der Waals surface area contributed by atoms with E-state index in [2.05, 4.69) is 0 Å². The summed E-state index contributed by atoms with van der Waals surface area (Å²) in [6.07, 6.45) is -4.28. The number of alkyl halides is 3. The van der Waals surface area contributed by atoms with Crippen LogP contribution in [-0.4, -0.2) is 39.2 Å². The fraction of sp³-hybridized carbons (Fsp3) is 1.00. The Morgan fingerprint density at radius 1 is 1.31 bits per heavy atom. The third kappa shape index (κ3) is 8.04. The average Bonchev–Trinajstić information content (AvgIpc) is 1.97. The van der Waals surface area contributed by atoms with Crippen LogP contribution >= 0.6 is 0 Å². The van der Waals surface area contributed by atoms with Crippen LogP contribution in [0.3, 0.4) is 0 Å². The molecule has 1 N–H and O–H groups in total. The van der Waals surface area contributed by atoms with E-state index in [1.54, 1.807) is 0 Å². The Labute approximate surface area is 75.2 Å². The van der Waals surface area contributed by atoms with Gasteiger partial charge in [-0.15, -0.1) is 0 Å². The minimum Gasteiger partial charge on any atom is -0.308 e. The van der Waals surface area contributed by atoms with Crippen LogP contribution in [-0.2, 0) is 9.84 Å². The Bertz CT molecular complexity index is 235. The van der Waals surface area contributed by atoms with Gasteiger partial charge in [0.2, 0.25) is 0 Å². The maximum Gasteiger partial charge on any atom is 0.401 e. The molecule has 0 aromatic heterocycles. The zero-order valence-electron chi connectivity index (χ0n) is 7.19. The summed E-state index contributed by atoms with van der Waals surface area (Å²) in [5.41, 5.74) is 0. The van der Waals surface area contributed by atoms with Crippen molar-refractivity contribution in [3.05, 3.63) is 0 Å². The summed E-state index contributed by atoms with van der Waals surface area (Å²) in [4.78, 5) is 0. The van der Waals surface area contributed by atoms with E-state index < -0.39 is 22.6 Å². The fourth-order valence-electron chi connectivity index (χ4n) is 0.602. The van der Waals surface area contributed by atoms with Crippen molar-refractivity contribution in [2.75, 3.05) is 24.6 Å². The summed E-state index contributed by atoms with van der Waals surface area (Å²) in [5, 5.41) is 2.01. The molecule has 0 aliphatic carbocycles. The van der Waals surface area contributed by atoms with E-state index in [1.807, 2.05) is 5.32 Å². The molecule has 0 fully saturated rings. The first kappa shape index (κ1) is 12.7. The highest BCUT2D eigenvalue weighted by molar-refractivity contribution is 7.91. The minimum atomic E-state index is -4.28. The maximum atomic E-state index is 11.5. The van der Waals surface area contributed by atoms with Gasteiger partial charge in [0.25, 0.3) is 0 Å². The number of hydrogen-bond donors (Lipinski definition) is 1. The zero-order chi connectivity index (χ0) is 10.5. The molecule has 80 valence electrons. The molecular formula is C6H12F3NO2S. The van der Waals surface area contributed by atoms with E-state index in [-0.39, 0.29) is 18.1 Å². The molecular weight excluding hydrogens is 207 g/mol. The predicted molar refractivity (Wildman–Crippen MR) is 43.3 cm³/mol. The first-order chi connectivity index (χ1) is 5.77. The number of nitrogens with one attached hydrogen (secondary N) is 1. The lowest BCUT2D eigenvalue weighted by molar-refractivity contribution is -0.124. The summed E-state index contributed by atoms with van der Waals surface area (Å²) < 4.78 is 56.2. The monoisotopic (exact) mass is 219 g/mol. The molecule has 0 aromatic rings. The van der Waals surface area contributed by atoms with Crippen LogP contribution < -0.4 is 5.32 Å². The van der Waals surface area contributed by atoms with Gasteiger partial charge in [-0.2, -0.15) is 13.2 Å². The van der Waals surface area contributed by atoms with Gasteiger partial charge in [-0.05, 0) is 0 Å². The maximum absolute atomic E-state index is 11.5. The lowest BCUT2D eigenvalue weighted by atomic mass is 10.6. The summed E-state index contributed by atoms with van der Waals surface area (Å²) in [6, 6.07) is 0. The molecule has 0 aliphatic heterocycles. The Balaban J connectivity index is 3.59. The van der Waals surface area contributed by atoms with Crippen molar-refractivity contribution in [1.82, 2.24) is 5.32 Å². The normalized spacial score (nSPS) is 13.2. The summed E-state index contributed by atoms with van der Waals surface area (Å²) in [6.45, 7) is 0.154. The smallest absolute Gasteiger partial charge is 0.308 e. The first-order valence-electron chi connectivity index (χ1n) is 3.75. The zero-order valence-corrected chi connectivity index (χ0v) is 8.00. The highest BCUT2D eigenvalue weighted by Crippen LogP contribution is 2.11. The van der Waals surface area contributed by atoms with Crippen LogP contribution in [0.15, 0.2) is 0 Å². The summed E-state index contributed by atoms with van der Waals surface area (Å²) in [5.74, 6) is -0.291. The molecule has 0 spiro atoms. The van der Waals surface area contributed by atoms with Gasteiger partial charge in [0, 0.05) is 12.3 Å². The largest absolute Gasteiger partial charge is 0.401 e. The molecule has 0 bridgehead atoms. The molecule has 13 heavy (non-hydrogen) atoms. The van der Waals surface area contributed by atoms with Crippen molar-refractivity contribution in [2.45, 2.75) is 13.1 Å². The highest BCUT2D eigenvalue weighted by atomic mass is 32.2. The van der Waals surface area contributed by atoms with E-state index in [0.717, 1.165) is 0 Å². The Morgan fingerprint density at radius 2 is 1.85 bits per heavy atom. The molecule has 0 saturated carbocycles. The SMILES string of the molecule is CCS(=O)(=O)CCNCC(F)(F)F. The molecule has 0 aromatic carbocycles. The molecule has 0 heterocycles. The summed E-state index contributed by atoms with van der Waals surface area (Å²) >= 11 is 0. The van der Waals surface area contributed by atoms with E-state index in [1.165, 1.54) is 6.92 Å². The summed E-state index contributed by atoms with van der Waals surface area (Å²) in [7, 11) is -3.17. The average molecular weight is 219 g/mol. The van der Waals surface area contributed by atoms with E-state index in [0.29, 0.717) is 0 Å². The van der Waals surface area contributed by atoms with Crippen molar-refractivity contribution >= 4 is 9.84 Å². The van der Waals surface area contributed by atoms with Gasteiger partial charge in [-0.1, -0.05) is 6.92 Å². The molecule has 0 saturated heterocycles. The van der Waals surface area contributed by atoms with Crippen LogP contribution in [0.2, 0.25) is 0 Å². The molecule has 0 rings (SSSR count). The third-order valence-corrected chi connectivity index (χ3v) is 3.06. The van der Waals surface area contributed by atoms with Gasteiger partial charge >= 0.3 is 6.18 Å². The van der Waals surface area contributed by atoms with Crippen molar-refractivity contribution in [3.8, 4) is 0 Å². The molecule has 0 amide bonds. The number of sulfone groups is 1. The molecule has 3 nitrogen and oxygen atoms in total. The molecule has 7 heteroatoms.